The van der Waals surface area contributed by atoms with E-state index in [1.54, 1.807) is 0 Å². The summed E-state index contributed by atoms with van der Waals surface area (Å²) < 4.78 is 5.64. The van der Waals surface area contributed by atoms with E-state index < -0.39 is 0 Å². The van der Waals surface area contributed by atoms with E-state index in [9.17, 15) is 0 Å². The van der Waals surface area contributed by atoms with Crippen molar-refractivity contribution in [2.45, 2.75) is 36.9 Å². The number of aryl methyl sites for hydroxylation is 1. The minimum Gasteiger partial charge on any atom is -0.489 e. The molecule has 0 fully saturated rings. The Morgan fingerprint density at radius 3 is 2.78 bits per heavy atom. The van der Waals surface area contributed by atoms with Gasteiger partial charge in [-0.2, -0.15) is 0 Å². The number of aromatic amines is 1. The van der Waals surface area contributed by atoms with Crippen molar-refractivity contribution in [1.82, 2.24) is 15.2 Å². The van der Waals surface area contributed by atoms with Gasteiger partial charge in [-0.1, -0.05) is 6.07 Å². The van der Waals surface area contributed by atoms with Crippen molar-refractivity contribution in [3.63, 3.8) is 0 Å². The molecule has 0 atom stereocenters. The van der Waals surface area contributed by atoms with E-state index >= 15 is 0 Å². The van der Waals surface area contributed by atoms with Crippen LogP contribution in [0.2, 0.25) is 0 Å². The average molecular weight is 264 g/mol. The van der Waals surface area contributed by atoms with Crippen LogP contribution in [-0.2, 0) is 0 Å². The van der Waals surface area contributed by atoms with Crippen molar-refractivity contribution in [1.29, 1.82) is 0 Å². The van der Waals surface area contributed by atoms with Crippen LogP contribution in [0.15, 0.2) is 28.3 Å². The first-order chi connectivity index (χ1) is 8.56. The van der Waals surface area contributed by atoms with E-state index in [4.69, 9.17) is 10.5 Å². The van der Waals surface area contributed by atoms with Crippen LogP contribution in [0.1, 0.15) is 19.7 Å². The highest BCUT2D eigenvalue weighted by molar-refractivity contribution is 7.99. The summed E-state index contributed by atoms with van der Waals surface area (Å²) in [4.78, 5) is 5.13. The second kappa shape index (κ2) is 5.30. The first kappa shape index (κ1) is 12.8. The highest BCUT2D eigenvalue weighted by Crippen LogP contribution is 2.35. The van der Waals surface area contributed by atoms with Crippen molar-refractivity contribution in [2.24, 2.45) is 0 Å². The van der Waals surface area contributed by atoms with E-state index in [2.05, 4.69) is 15.2 Å². The van der Waals surface area contributed by atoms with Crippen LogP contribution in [0.5, 0.6) is 5.75 Å². The number of nitrogens with zero attached hydrogens (tertiary/aromatic N) is 2. The summed E-state index contributed by atoms with van der Waals surface area (Å²) in [6, 6.07) is 5.71. The maximum atomic E-state index is 6.07. The Balaban J connectivity index is 2.23. The molecule has 96 valence electrons. The number of H-pyrrole nitrogens is 1. The Labute approximate surface area is 110 Å². The SMILES string of the molecule is Cc1nc(Sc2cccc(OC(C)C)c2N)n[nH]1. The molecule has 3 N–H and O–H groups in total. The van der Waals surface area contributed by atoms with Gasteiger partial charge in [0, 0.05) is 4.90 Å². The highest BCUT2D eigenvalue weighted by Gasteiger charge is 2.10. The molecular formula is C12H16N4OS. The lowest BCUT2D eigenvalue weighted by atomic mass is 10.3. The summed E-state index contributed by atoms with van der Waals surface area (Å²) >= 11 is 1.42. The monoisotopic (exact) mass is 264 g/mol. The third-order valence-electron chi connectivity index (χ3n) is 2.17. The number of hydrogen-bond donors (Lipinski definition) is 2. The number of aromatic nitrogens is 3. The predicted octanol–water partition coefficient (Wildman–Crippen LogP) is 2.63. The second-order valence-electron chi connectivity index (χ2n) is 4.14. The zero-order valence-electron chi connectivity index (χ0n) is 10.6. The summed E-state index contributed by atoms with van der Waals surface area (Å²) in [5, 5.41) is 7.53. The minimum absolute atomic E-state index is 0.0957. The fourth-order valence-electron chi connectivity index (χ4n) is 1.44. The van der Waals surface area contributed by atoms with Gasteiger partial charge in [0.1, 0.15) is 11.6 Å². The lowest BCUT2D eigenvalue weighted by Crippen LogP contribution is -2.07. The molecule has 2 rings (SSSR count). The smallest absolute Gasteiger partial charge is 0.213 e. The van der Waals surface area contributed by atoms with Gasteiger partial charge in [0.25, 0.3) is 0 Å². The van der Waals surface area contributed by atoms with Gasteiger partial charge in [-0.25, -0.2) is 4.98 Å². The van der Waals surface area contributed by atoms with Gasteiger partial charge in [0.2, 0.25) is 5.16 Å². The van der Waals surface area contributed by atoms with E-state index in [1.165, 1.54) is 11.8 Å². The van der Waals surface area contributed by atoms with Gasteiger partial charge in [-0.3, -0.25) is 5.10 Å². The number of benzene rings is 1. The largest absolute Gasteiger partial charge is 0.489 e. The number of ether oxygens (including phenoxy) is 1. The third kappa shape index (κ3) is 2.95. The quantitative estimate of drug-likeness (QED) is 0.830. The first-order valence-corrected chi connectivity index (χ1v) is 6.50. The van der Waals surface area contributed by atoms with Crippen LogP contribution in [0.3, 0.4) is 0 Å². The number of nitrogens with two attached hydrogens (primary N) is 1. The Morgan fingerprint density at radius 2 is 2.17 bits per heavy atom. The molecule has 0 aliphatic carbocycles. The van der Waals surface area contributed by atoms with Gasteiger partial charge >= 0.3 is 0 Å². The fraction of sp³-hybridized carbons (Fsp3) is 0.333. The maximum absolute atomic E-state index is 6.07. The molecule has 0 bridgehead atoms. The predicted molar refractivity (Wildman–Crippen MR) is 71.9 cm³/mol. The molecule has 0 radical (unpaired) electrons. The molecule has 0 spiro atoms. The van der Waals surface area contributed by atoms with Crippen LogP contribution in [0.4, 0.5) is 5.69 Å². The van der Waals surface area contributed by atoms with Crippen molar-refractivity contribution in [2.75, 3.05) is 5.73 Å². The fourth-order valence-corrected chi connectivity index (χ4v) is 2.26. The molecule has 0 amide bonds. The molecule has 0 aliphatic heterocycles. The first-order valence-electron chi connectivity index (χ1n) is 5.68. The topological polar surface area (TPSA) is 76.8 Å². The maximum Gasteiger partial charge on any atom is 0.213 e. The average Bonchev–Trinajstić information content (AvgIpc) is 2.69. The van der Waals surface area contributed by atoms with E-state index in [0.717, 1.165) is 10.7 Å². The van der Waals surface area contributed by atoms with Gasteiger partial charge in [-0.15, -0.1) is 5.10 Å². The number of nitrogens with one attached hydrogen (secondary N) is 1. The molecule has 6 heteroatoms. The molecular weight excluding hydrogens is 248 g/mol. The molecule has 5 nitrogen and oxygen atoms in total. The Bertz CT molecular complexity index is 539. The summed E-state index contributed by atoms with van der Waals surface area (Å²) in [6.07, 6.45) is 0.0957. The summed E-state index contributed by atoms with van der Waals surface area (Å²) in [7, 11) is 0. The number of rotatable bonds is 4. The van der Waals surface area contributed by atoms with Crippen molar-refractivity contribution < 1.29 is 4.74 Å². The second-order valence-corrected chi connectivity index (χ2v) is 5.15. The third-order valence-corrected chi connectivity index (χ3v) is 3.11. The van der Waals surface area contributed by atoms with Gasteiger partial charge in [0.05, 0.1) is 11.8 Å². The standard InChI is InChI=1S/C12H16N4OS/c1-7(2)17-9-5-4-6-10(11(9)13)18-12-14-8(3)15-16-12/h4-7H,13H2,1-3H3,(H,14,15,16). The normalized spacial score (nSPS) is 10.9. The van der Waals surface area contributed by atoms with Gasteiger partial charge in [0.15, 0.2) is 0 Å². The molecule has 1 aromatic carbocycles. The Kier molecular flexibility index (Phi) is 3.76. The highest BCUT2D eigenvalue weighted by atomic mass is 32.2. The molecule has 0 saturated carbocycles. The molecule has 18 heavy (non-hydrogen) atoms. The van der Waals surface area contributed by atoms with E-state index in [-0.39, 0.29) is 6.10 Å². The summed E-state index contributed by atoms with van der Waals surface area (Å²) in [5.74, 6) is 1.48. The lowest BCUT2D eigenvalue weighted by Gasteiger charge is -2.13. The van der Waals surface area contributed by atoms with Gasteiger partial charge < -0.3 is 10.5 Å². The molecule has 0 unspecified atom stereocenters. The van der Waals surface area contributed by atoms with Crippen LogP contribution in [0.25, 0.3) is 0 Å². The van der Waals surface area contributed by atoms with Crippen molar-refractivity contribution in [3.05, 3.63) is 24.0 Å². The van der Waals surface area contributed by atoms with Crippen LogP contribution in [0, 0.1) is 6.92 Å². The van der Waals surface area contributed by atoms with Crippen molar-refractivity contribution >= 4 is 17.4 Å². The number of hydrogen-bond acceptors (Lipinski definition) is 5. The molecule has 1 aromatic heterocycles. The van der Waals surface area contributed by atoms with Crippen molar-refractivity contribution in [3.8, 4) is 5.75 Å². The van der Waals surface area contributed by atoms with E-state index in [1.807, 2.05) is 39.0 Å². The zero-order valence-corrected chi connectivity index (χ0v) is 11.4. The molecule has 0 aliphatic rings. The number of nitrogen functional groups attached to an aromatic ring is 1. The van der Waals surface area contributed by atoms with E-state index in [0.29, 0.717) is 16.6 Å². The molecule has 1 heterocycles. The number of para-hydroxylation sites is 1. The lowest BCUT2D eigenvalue weighted by molar-refractivity contribution is 0.243. The summed E-state index contributed by atoms with van der Waals surface area (Å²) in [5.41, 5.74) is 6.70. The number of anilines is 1. The molecule has 2 aromatic rings. The minimum atomic E-state index is 0.0957. The van der Waals surface area contributed by atoms with Crippen LogP contribution in [-0.4, -0.2) is 21.3 Å². The molecule has 0 saturated heterocycles. The Morgan fingerprint density at radius 1 is 1.39 bits per heavy atom. The summed E-state index contributed by atoms with van der Waals surface area (Å²) in [6.45, 7) is 5.80. The van der Waals surface area contributed by atoms with Crippen LogP contribution < -0.4 is 10.5 Å². The zero-order chi connectivity index (χ0) is 13.1. The van der Waals surface area contributed by atoms with Crippen LogP contribution >= 0.6 is 11.8 Å². The van der Waals surface area contributed by atoms with Gasteiger partial charge in [-0.05, 0) is 44.7 Å². The Hall–Kier alpha value is -1.69.